The van der Waals surface area contributed by atoms with Crippen LogP contribution in [0, 0.1) is 0 Å². The fourth-order valence-electron chi connectivity index (χ4n) is 4.01. The van der Waals surface area contributed by atoms with Crippen LogP contribution in [0.4, 0.5) is 0 Å². The third-order valence-electron chi connectivity index (χ3n) is 5.48. The third kappa shape index (κ3) is 3.77. The second kappa shape index (κ2) is 7.93. The number of amides is 1. The summed E-state index contributed by atoms with van der Waals surface area (Å²) in [6.45, 7) is 0. The molecule has 1 aromatic heterocycles. The van der Waals surface area contributed by atoms with E-state index in [0.29, 0.717) is 10.4 Å². The van der Waals surface area contributed by atoms with E-state index in [-0.39, 0.29) is 29.1 Å². The zero-order valence-corrected chi connectivity index (χ0v) is 18.1. The van der Waals surface area contributed by atoms with Crippen molar-refractivity contribution in [2.24, 2.45) is 0 Å². The molecule has 2 aromatic rings. The Hall–Kier alpha value is -2.98. The first-order chi connectivity index (χ1) is 14.7. The van der Waals surface area contributed by atoms with Crippen LogP contribution in [0.3, 0.4) is 0 Å². The van der Waals surface area contributed by atoms with Crippen molar-refractivity contribution in [3.63, 3.8) is 0 Å². The first-order valence-electron chi connectivity index (χ1n) is 9.46. The molecule has 4 rings (SSSR count). The SMILES string of the molecule is COC(=O)c1ccc([C@H]2C(C(=O)c3cccs3)=C(O)C(=O)N2[C@H]2CCS(=O)(=O)C2)cc1. The van der Waals surface area contributed by atoms with E-state index >= 15 is 0 Å². The van der Waals surface area contributed by atoms with Crippen molar-refractivity contribution in [1.29, 1.82) is 0 Å². The van der Waals surface area contributed by atoms with Gasteiger partial charge in [-0.15, -0.1) is 11.3 Å². The molecule has 162 valence electrons. The maximum absolute atomic E-state index is 13.2. The summed E-state index contributed by atoms with van der Waals surface area (Å²) in [5.41, 5.74) is 0.668. The van der Waals surface area contributed by atoms with Gasteiger partial charge in [0.05, 0.1) is 40.7 Å². The molecular formula is C21H19NO7S2. The molecule has 0 unspecified atom stereocenters. The van der Waals surface area contributed by atoms with Gasteiger partial charge < -0.3 is 14.7 Å². The Labute approximate surface area is 182 Å². The minimum atomic E-state index is -3.32. The van der Waals surface area contributed by atoms with Gasteiger partial charge in [-0.3, -0.25) is 9.59 Å². The number of ketones is 1. The quantitative estimate of drug-likeness (QED) is 0.536. The number of hydrogen-bond donors (Lipinski definition) is 1. The molecule has 8 nitrogen and oxygen atoms in total. The topological polar surface area (TPSA) is 118 Å². The fraction of sp³-hybridized carbons (Fsp3) is 0.286. The van der Waals surface area contributed by atoms with E-state index in [9.17, 15) is 27.9 Å². The van der Waals surface area contributed by atoms with Crippen LogP contribution < -0.4 is 0 Å². The zero-order chi connectivity index (χ0) is 22.3. The molecule has 1 saturated heterocycles. The average molecular weight is 462 g/mol. The number of hydrogen-bond acceptors (Lipinski definition) is 8. The van der Waals surface area contributed by atoms with Gasteiger partial charge in [-0.1, -0.05) is 18.2 Å². The number of esters is 1. The Morgan fingerprint density at radius 3 is 2.45 bits per heavy atom. The molecule has 0 bridgehead atoms. The highest BCUT2D eigenvalue weighted by molar-refractivity contribution is 7.91. The lowest BCUT2D eigenvalue weighted by Gasteiger charge is -2.31. The van der Waals surface area contributed by atoms with Crippen LogP contribution in [0.2, 0.25) is 0 Å². The lowest BCUT2D eigenvalue weighted by atomic mass is 9.94. The number of aliphatic hydroxyl groups excluding tert-OH is 1. The predicted octanol–water partition coefficient (Wildman–Crippen LogP) is 2.30. The number of carbonyl (C=O) groups is 3. The van der Waals surface area contributed by atoms with Crippen LogP contribution in [-0.2, 0) is 19.4 Å². The molecule has 0 aliphatic carbocycles. The summed E-state index contributed by atoms with van der Waals surface area (Å²) >= 11 is 1.18. The number of benzene rings is 1. The molecule has 0 spiro atoms. The first-order valence-corrected chi connectivity index (χ1v) is 12.2. The molecule has 31 heavy (non-hydrogen) atoms. The lowest BCUT2D eigenvalue weighted by molar-refractivity contribution is -0.131. The summed E-state index contributed by atoms with van der Waals surface area (Å²) in [4.78, 5) is 39.6. The van der Waals surface area contributed by atoms with Gasteiger partial charge in [-0.25, -0.2) is 13.2 Å². The molecule has 0 saturated carbocycles. The summed E-state index contributed by atoms with van der Waals surface area (Å²) in [6, 6.07) is 7.79. The van der Waals surface area contributed by atoms with Crippen molar-refractivity contribution >= 4 is 38.8 Å². The molecule has 10 heteroatoms. The number of carbonyl (C=O) groups excluding carboxylic acids is 3. The van der Waals surface area contributed by atoms with E-state index in [0.717, 1.165) is 0 Å². The van der Waals surface area contributed by atoms with Gasteiger partial charge in [-0.2, -0.15) is 0 Å². The largest absolute Gasteiger partial charge is 0.503 e. The molecule has 2 aliphatic heterocycles. The molecular weight excluding hydrogens is 442 g/mol. The van der Waals surface area contributed by atoms with E-state index < -0.39 is 45.3 Å². The van der Waals surface area contributed by atoms with Crippen LogP contribution in [0.5, 0.6) is 0 Å². The summed E-state index contributed by atoms with van der Waals surface area (Å²) in [6.07, 6.45) is 0.221. The van der Waals surface area contributed by atoms with Crippen LogP contribution in [0.1, 0.15) is 38.1 Å². The molecule has 2 aliphatic rings. The van der Waals surface area contributed by atoms with E-state index in [1.165, 1.54) is 35.5 Å². The second-order valence-corrected chi connectivity index (χ2v) is 10.5. The van der Waals surface area contributed by atoms with Gasteiger partial charge in [-0.05, 0) is 35.6 Å². The van der Waals surface area contributed by atoms with E-state index in [4.69, 9.17) is 4.74 Å². The average Bonchev–Trinajstić information content (AvgIpc) is 3.47. The summed E-state index contributed by atoms with van der Waals surface area (Å²) < 4.78 is 28.8. The monoisotopic (exact) mass is 461 g/mol. The molecule has 1 fully saturated rings. The van der Waals surface area contributed by atoms with Crippen molar-refractivity contribution < 1.29 is 32.6 Å². The van der Waals surface area contributed by atoms with E-state index in [1.807, 2.05) is 0 Å². The second-order valence-electron chi connectivity index (χ2n) is 7.35. The van der Waals surface area contributed by atoms with Crippen molar-refractivity contribution in [1.82, 2.24) is 4.90 Å². The minimum Gasteiger partial charge on any atom is -0.503 e. The molecule has 3 heterocycles. The number of thiophene rings is 1. The zero-order valence-electron chi connectivity index (χ0n) is 16.5. The Balaban J connectivity index is 1.80. The van der Waals surface area contributed by atoms with Gasteiger partial charge in [0.1, 0.15) is 0 Å². The minimum absolute atomic E-state index is 0.0651. The van der Waals surface area contributed by atoms with Gasteiger partial charge in [0.2, 0.25) is 5.78 Å². The first kappa shape index (κ1) is 21.3. The van der Waals surface area contributed by atoms with E-state index in [1.54, 1.807) is 29.6 Å². The van der Waals surface area contributed by atoms with Gasteiger partial charge in [0, 0.05) is 6.04 Å². The summed E-state index contributed by atoms with van der Waals surface area (Å²) in [5.74, 6) is -2.78. The molecule has 2 atom stereocenters. The summed E-state index contributed by atoms with van der Waals surface area (Å²) in [5, 5.41) is 12.4. The van der Waals surface area contributed by atoms with Crippen molar-refractivity contribution in [3.05, 3.63) is 69.1 Å². The lowest BCUT2D eigenvalue weighted by Crippen LogP contribution is -2.41. The number of sulfone groups is 1. The Morgan fingerprint density at radius 2 is 1.90 bits per heavy atom. The number of methoxy groups -OCH3 is 1. The Kier molecular flexibility index (Phi) is 5.44. The van der Waals surface area contributed by atoms with Crippen molar-refractivity contribution in [3.8, 4) is 0 Å². The number of ether oxygens (including phenoxy) is 1. The van der Waals surface area contributed by atoms with Crippen LogP contribution in [0.25, 0.3) is 0 Å². The predicted molar refractivity (Wildman–Crippen MR) is 113 cm³/mol. The highest BCUT2D eigenvalue weighted by atomic mass is 32.2. The molecule has 1 N–H and O–H groups in total. The summed E-state index contributed by atoms with van der Waals surface area (Å²) in [7, 11) is -2.06. The number of rotatable bonds is 5. The Bertz CT molecular complexity index is 1180. The maximum Gasteiger partial charge on any atom is 0.337 e. The standard InChI is InChI=1S/C21H19NO7S2/c1-29-21(26)13-6-4-12(5-7-13)17-16(18(23)15-3-2-9-30-15)19(24)20(25)22(17)14-8-10-31(27,28)11-14/h2-7,9,14,17,24H,8,10-11H2,1H3/t14-,17-/m0/s1. The highest BCUT2D eigenvalue weighted by Gasteiger charge is 2.49. The fourth-order valence-corrected chi connectivity index (χ4v) is 6.40. The van der Waals surface area contributed by atoms with Gasteiger partial charge in [0.15, 0.2) is 15.6 Å². The smallest absolute Gasteiger partial charge is 0.337 e. The van der Waals surface area contributed by atoms with Crippen LogP contribution in [-0.4, -0.2) is 60.7 Å². The molecule has 1 aromatic carbocycles. The third-order valence-corrected chi connectivity index (χ3v) is 8.10. The Morgan fingerprint density at radius 1 is 1.19 bits per heavy atom. The maximum atomic E-state index is 13.2. The molecule has 1 amide bonds. The molecule has 0 radical (unpaired) electrons. The highest BCUT2D eigenvalue weighted by Crippen LogP contribution is 2.42. The van der Waals surface area contributed by atoms with Crippen molar-refractivity contribution in [2.45, 2.75) is 18.5 Å². The van der Waals surface area contributed by atoms with Gasteiger partial charge in [0.25, 0.3) is 5.91 Å². The van der Waals surface area contributed by atoms with Crippen molar-refractivity contribution in [2.75, 3.05) is 18.6 Å². The normalized spacial score (nSPS) is 22.7. The number of nitrogens with zero attached hydrogens (tertiary/aromatic N) is 1. The van der Waals surface area contributed by atoms with Crippen LogP contribution in [0.15, 0.2) is 53.1 Å². The number of aliphatic hydroxyl groups is 1. The number of Topliss-reactive ketones (excluding diaryl/α,β-unsaturated/α-hetero) is 1. The van der Waals surface area contributed by atoms with E-state index in [2.05, 4.69) is 0 Å². The van der Waals surface area contributed by atoms with Gasteiger partial charge >= 0.3 is 5.97 Å². The van der Waals surface area contributed by atoms with Crippen LogP contribution >= 0.6 is 11.3 Å².